The lowest BCUT2D eigenvalue weighted by Gasteiger charge is -2.36. The van der Waals surface area contributed by atoms with Crippen LogP contribution in [-0.2, 0) is 22.6 Å². The number of nitrogens with zero attached hydrogens (tertiary/aromatic N) is 3. The van der Waals surface area contributed by atoms with Crippen LogP contribution >= 0.6 is 0 Å². The monoisotopic (exact) mass is 618 g/mol. The first-order chi connectivity index (χ1) is 21.3. The van der Waals surface area contributed by atoms with Gasteiger partial charge in [-0.2, -0.15) is 0 Å². The van der Waals surface area contributed by atoms with Gasteiger partial charge in [0.1, 0.15) is 22.8 Å². The van der Waals surface area contributed by atoms with Gasteiger partial charge in [0.25, 0.3) is 5.91 Å². The molecule has 0 spiro atoms. The number of nitrogens with two attached hydrogens (primary N) is 1. The lowest BCUT2D eigenvalue weighted by molar-refractivity contribution is -0.121. The highest BCUT2D eigenvalue weighted by molar-refractivity contribution is 6.20. The Labute approximate surface area is 262 Å². The van der Waals surface area contributed by atoms with E-state index in [1.807, 2.05) is 49.3 Å². The molecule has 0 radical (unpaired) electrons. The Morgan fingerprint density at radius 1 is 1.02 bits per heavy atom. The SMILES string of the molecule is CN(C)c1cc(-c2ccc(CN3CCCC3)cc2)c(O)c2c1C[C@H]1C[C@H](O)[C@@H](N(C)C)/C(O)=C(/C(N)=O)C(=O)C/C(O)=C\1C2=O. The highest BCUT2D eigenvalue weighted by atomic mass is 16.3. The molecule has 1 amide bonds. The number of likely N-dealkylation sites (N-methyl/N-ethyl adjacent to an activating group) is 1. The highest BCUT2D eigenvalue weighted by Gasteiger charge is 2.42. The van der Waals surface area contributed by atoms with E-state index in [-0.39, 0.29) is 29.7 Å². The van der Waals surface area contributed by atoms with Gasteiger partial charge in [0, 0.05) is 37.5 Å². The summed E-state index contributed by atoms with van der Waals surface area (Å²) in [4.78, 5) is 45.4. The minimum atomic E-state index is -1.35. The maximum atomic E-state index is 14.3. The molecule has 5 rings (SSSR count). The van der Waals surface area contributed by atoms with Gasteiger partial charge in [-0.15, -0.1) is 0 Å². The molecule has 240 valence electrons. The van der Waals surface area contributed by atoms with Gasteiger partial charge in [-0.3, -0.25) is 24.2 Å². The summed E-state index contributed by atoms with van der Waals surface area (Å²) < 4.78 is 0. The van der Waals surface area contributed by atoms with Crippen LogP contribution in [0.25, 0.3) is 11.1 Å². The van der Waals surface area contributed by atoms with Crippen LogP contribution in [0.15, 0.2) is 53.0 Å². The predicted molar refractivity (Wildman–Crippen MR) is 170 cm³/mol. The average molecular weight is 619 g/mol. The minimum absolute atomic E-state index is 0.0202. The molecule has 3 atom stereocenters. The first-order valence-electron chi connectivity index (χ1n) is 15.2. The van der Waals surface area contributed by atoms with E-state index in [1.165, 1.54) is 17.7 Å². The number of aliphatic hydroxyl groups is 3. The lowest BCUT2D eigenvalue weighted by Crippen LogP contribution is -2.45. The van der Waals surface area contributed by atoms with E-state index in [1.54, 1.807) is 14.1 Å². The van der Waals surface area contributed by atoms with Crippen molar-refractivity contribution >= 4 is 23.2 Å². The van der Waals surface area contributed by atoms with Crippen LogP contribution < -0.4 is 10.6 Å². The zero-order chi connectivity index (χ0) is 32.7. The summed E-state index contributed by atoms with van der Waals surface area (Å²) in [6.45, 7) is 2.99. The van der Waals surface area contributed by atoms with Crippen molar-refractivity contribution in [3.63, 3.8) is 0 Å². The van der Waals surface area contributed by atoms with Crippen molar-refractivity contribution in [3.05, 3.63) is 69.7 Å². The molecule has 45 heavy (non-hydrogen) atoms. The number of aliphatic hydroxyl groups excluding tert-OH is 3. The van der Waals surface area contributed by atoms with Crippen LogP contribution in [0, 0.1) is 5.92 Å². The predicted octanol–water partition coefficient (Wildman–Crippen LogP) is 2.84. The summed E-state index contributed by atoms with van der Waals surface area (Å²) in [6.07, 6.45) is 0.358. The zero-order valence-corrected chi connectivity index (χ0v) is 26.2. The molecule has 0 bridgehead atoms. The van der Waals surface area contributed by atoms with Gasteiger partial charge >= 0.3 is 0 Å². The maximum absolute atomic E-state index is 14.3. The molecule has 0 unspecified atom stereocenters. The van der Waals surface area contributed by atoms with Crippen molar-refractivity contribution in [3.8, 4) is 16.9 Å². The van der Waals surface area contributed by atoms with Gasteiger partial charge in [-0.05, 0) is 81.5 Å². The van der Waals surface area contributed by atoms with E-state index < -0.39 is 59.0 Å². The van der Waals surface area contributed by atoms with E-state index in [9.17, 15) is 34.8 Å². The third kappa shape index (κ3) is 6.07. The molecule has 2 aromatic carbocycles. The van der Waals surface area contributed by atoms with Crippen LogP contribution in [-0.4, -0.2) is 101 Å². The summed E-state index contributed by atoms with van der Waals surface area (Å²) in [5.41, 5.74) is 8.16. The van der Waals surface area contributed by atoms with Gasteiger partial charge < -0.3 is 31.1 Å². The molecule has 11 heteroatoms. The lowest BCUT2D eigenvalue weighted by atomic mass is 9.72. The van der Waals surface area contributed by atoms with Gasteiger partial charge in [0.15, 0.2) is 11.6 Å². The van der Waals surface area contributed by atoms with Gasteiger partial charge in [0.05, 0.1) is 24.1 Å². The number of fused-ring (bicyclic) bond motifs is 2. The normalized spacial score (nSPS) is 26.1. The molecular formula is C34H42N4O7. The Morgan fingerprint density at radius 2 is 1.67 bits per heavy atom. The molecule has 1 fully saturated rings. The molecule has 0 saturated carbocycles. The number of anilines is 1. The number of phenols is 1. The van der Waals surface area contributed by atoms with E-state index in [0.29, 0.717) is 22.4 Å². The summed E-state index contributed by atoms with van der Waals surface area (Å²) in [5.74, 6) is -5.14. The van der Waals surface area contributed by atoms with E-state index in [4.69, 9.17) is 5.73 Å². The zero-order valence-electron chi connectivity index (χ0n) is 26.2. The first-order valence-corrected chi connectivity index (χ1v) is 15.2. The molecule has 1 heterocycles. The fourth-order valence-corrected chi connectivity index (χ4v) is 7.07. The molecule has 2 aliphatic carbocycles. The third-order valence-electron chi connectivity index (χ3n) is 9.21. The van der Waals surface area contributed by atoms with Crippen molar-refractivity contribution in [1.82, 2.24) is 9.80 Å². The average Bonchev–Trinajstić information content (AvgIpc) is 3.45. The molecule has 2 aromatic rings. The number of ketones is 2. The number of primary amides is 1. The second-order valence-corrected chi connectivity index (χ2v) is 12.7. The summed E-state index contributed by atoms with van der Waals surface area (Å²) >= 11 is 0. The third-order valence-corrected chi connectivity index (χ3v) is 9.21. The Bertz CT molecular complexity index is 1590. The fourth-order valence-electron chi connectivity index (χ4n) is 7.07. The van der Waals surface area contributed by atoms with Crippen molar-refractivity contribution in [1.29, 1.82) is 0 Å². The highest BCUT2D eigenvalue weighted by Crippen LogP contribution is 2.47. The van der Waals surface area contributed by atoms with E-state index >= 15 is 0 Å². The van der Waals surface area contributed by atoms with Crippen LogP contribution in [0.1, 0.15) is 47.2 Å². The van der Waals surface area contributed by atoms with Crippen LogP contribution in [0.3, 0.4) is 0 Å². The number of allylic oxidation sites excluding steroid dienone is 2. The van der Waals surface area contributed by atoms with Crippen LogP contribution in [0.4, 0.5) is 5.69 Å². The number of amides is 1. The van der Waals surface area contributed by atoms with Gasteiger partial charge in [-0.25, -0.2) is 0 Å². The second-order valence-electron chi connectivity index (χ2n) is 12.7. The minimum Gasteiger partial charge on any atom is -0.511 e. The Kier molecular flexibility index (Phi) is 9.06. The molecule has 3 aliphatic rings. The quantitative estimate of drug-likeness (QED) is 0.304. The van der Waals surface area contributed by atoms with E-state index in [0.717, 1.165) is 25.2 Å². The molecule has 1 saturated heterocycles. The topological polar surface area (TPSA) is 168 Å². The second kappa shape index (κ2) is 12.7. The number of Topliss-reactive ketones (excluding diaryl/α,β-unsaturated/α-hetero) is 2. The molecular weight excluding hydrogens is 576 g/mol. The number of aromatic hydroxyl groups is 1. The molecule has 6 N–H and O–H groups in total. The van der Waals surface area contributed by atoms with Gasteiger partial charge in [-0.1, -0.05) is 24.3 Å². The standard InChI is InChI=1S/C34H42N4O7/c1-36(2)23-15-21(19-9-7-18(8-10-19)17-38-11-5-6-12-38)31(42)28-22(23)13-20-14-26(41)30(37(3)4)33(44)29(34(35)45)25(40)16-24(39)27(20)32(28)43/h7-10,15,20,26,30,39,41-42,44H,5-6,11-14,16-17H2,1-4H3,(H2,35,45)/b27-24-,33-29-/t20-,26-,30+/m0/s1. The largest absolute Gasteiger partial charge is 0.511 e. The van der Waals surface area contributed by atoms with Crippen LogP contribution in [0.2, 0.25) is 0 Å². The van der Waals surface area contributed by atoms with Crippen LogP contribution in [0.5, 0.6) is 5.75 Å². The number of hydrogen-bond acceptors (Lipinski definition) is 10. The number of rotatable bonds is 6. The van der Waals surface area contributed by atoms with Crippen molar-refractivity contribution in [2.75, 3.05) is 46.2 Å². The molecule has 11 nitrogen and oxygen atoms in total. The summed E-state index contributed by atoms with van der Waals surface area (Å²) in [6, 6.07) is 8.53. The Morgan fingerprint density at radius 3 is 2.24 bits per heavy atom. The number of benzene rings is 2. The number of likely N-dealkylation sites (tertiary alicyclic amines) is 1. The van der Waals surface area contributed by atoms with Crippen molar-refractivity contribution in [2.24, 2.45) is 11.7 Å². The van der Waals surface area contributed by atoms with E-state index in [2.05, 4.69) is 4.90 Å². The van der Waals surface area contributed by atoms with Gasteiger partial charge in [0.2, 0.25) is 0 Å². The number of phenolic OH excluding ortho intramolecular Hbond substituents is 1. The number of hydrogen-bond donors (Lipinski definition) is 5. The van der Waals surface area contributed by atoms with Crippen molar-refractivity contribution < 1.29 is 34.8 Å². The Balaban J connectivity index is 1.62. The maximum Gasteiger partial charge on any atom is 0.255 e. The Hall–Kier alpha value is -4.19. The fraction of sp³-hybridized carbons (Fsp3) is 0.441. The number of carbonyl (C=O) groups is 3. The summed E-state index contributed by atoms with van der Waals surface area (Å²) in [7, 11) is 6.80. The smallest absolute Gasteiger partial charge is 0.255 e. The number of carbonyl (C=O) groups excluding carboxylic acids is 3. The van der Waals surface area contributed by atoms with Crippen molar-refractivity contribution in [2.45, 2.75) is 50.8 Å². The molecule has 1 aliphatic heterocycles. The first kappa shape index (κ1) is 32.2. The summed E-state index contributed by atoms with van der Waals surface area (Å²) in [5, 5.41) is 45.2. The molecule has 0 aromatic heterocycles.